The number of hydrogen-bond acceptors (Lipinski definition) is 2. The zero-order valence-electron chi connectivity index (χ0n) is 8.56. The zero-order valence-corrected chi connectivity index (χ0v) is 10.8. The van der Waals surface area contributed by atoms with Crippen molar-refractivity contribution in [3.05, 3.63) is 27.7 Å². The Morgan fingerprint density at radius 3 is 2.53 bits per heavy atom. The van der Waals surface area contributed by atoms with E-state index in [0.29, 0.717) is 28.3 Å². The number of ether oxygens (including phenoxy) is 1. The molecule has 1 rings (SSSR count). The average molecular weight is 269 g/mol. The summed E-state index contributed by atoms with van der Waals surface area (Å²) in [7, 11) is 3.49. The number of methoxy groups -OCH3 is 1. The smallest absolute Gasteiger partial charge is 0.142 e. The van der Waals surface area contributed by atoms with Crippen LogP contribution in [0.5, 0.6) is 5.75 Å². The Morgan fingerprint density at radius 1 is 1.33 bits per heavy atom. The average Bonchev–Trinajstić information content (AvgIpc) is 2.17. The fraction of sp³-hybridized carbons (Fsp3) is 0.400. The lowest BCUT2D eigenvalue weighted by atomic mass is 10.2. The van der Waals surface area contributed by atoms with Gasteiger partial charge in [0.15, 0.2) is 0 Å². The van der Waals surface area contributed by atoms with E-state index in [1.165, 1.54) is 0 Å². The minimum Gasteiger partial charge on any atom is -0.495 e. The van der Waals surface area contributed by atoms with Crippen molar-refractivity contribution in [1.82, 2.24) is 4.90 Å². The van der Waals surface area contributed by atoms with Crippen molar-refractivity contribution in [2.24, 2.45) is 0 Å². The quantitative estimate of drug-likeness (QED) is 0.611. The van der Waals surface area contributed by atoms with Gasteiger partial charge < -0.3 is 4.74 Å². The predicted octanol–water partition coefficient (Wildman–Crippen LogP) is 3.63. The first-order chi connectivity index (χ1) is 7.08. The molecule has 1 aromatic carbocycles. The van der Waals surface area contributed by atoms with Crippen LogP contribution in [0, 0.1) is 0 Å². The van der Waals surface area contributed by atoms with Crippen LogP contribution < -0.4 is 4.74 Å². The first-order valence-electron chi connectivity index (χ1n) is 4.35. The van der Waals surface area contributed by atoms with E-state index in [2.05, 4.69) is 0 Å². The highest BCUT2D eigenvalue weighted by atomic mass is 35.5. The second kappa shape index (κ2) is 5.80. The molecule has 0 unspecified atom stereocenters. The molecular formula is C10H12Cl3NO. The molecule has 0 radical (unpaired) electrons. The SMILES string of the molecule is COc1c(Cl)cc(Cl)cc1CN(C)CCl. The number of halogens is 3. The van der Waals surface area contributed by atoms with Gasteiger partial charge in [-0.3, -0.25) is 4.90 Å². The monoisotopic (exact) mass is 267 g/mol. The Balaban J connectivity index is 3.03. The molecule has 15 heavy (non-hydrogen) atoms. The molecule has 0 N–H and O–H groups in total. The van der Waals surface area contributed by atoms with Gasteiger partial charge in [-0.1, -0.05) is 23.2 Å². The third kappa shape index (κ3) is 3.42. The van der Waals surface area contributed by atoms with Crippen LogP contribution in [0.4, 0.5) is 0 Å². The molecule has 5 heteroatoms. The minimum absolute atomic E-state index is 0.438. The van der Waals surface area contributed by atoms with Crippen molar-refractivity contribution >= 4 is 34.8 Å². The number of rotatable bonds is 4. The number of hydrogen-bond donors (Lipinski definition) is 0. The van der Waals surface area contributed by atoms with Gasteiger partial charge in [-0.25, -0.2) is 0 Å². The third-order valence-electron chi connectivity index (χ3n) is 1.93. The minimum atomic E-state index is 0.438. The van der Waals surface area contributed by atoms with E-state index < -0.39 is 0 Å². The normalized spacial score (nSPS) is 10.8. The van der Waals surface area contributed by atoms with Crippen molar-refractivity contribution in [2.75, 3.05) is 20.2 Å². The summed E-state index contributed by atoms with van der Waals surface area (Å²) >= 11 is 17.6. The van der Waals surface area contributed by atoms with E-state index in [9.17, 15) is 0 Å². The Hall–Kier alpha value is -0.150. The van der Waals surface area contributed by atoms with Gasteiger partial charge in [0.2, 0.25) is 0 Å². The molecular weight excluding hydrogens is 256 g/mol. The van der Waals surface area contributed by atoms with Gasteiger partial charge in [0.05, 0.1) is 18.1 Å². The van der Waals surface area contributed by atoms with Crippen LogP contribution in [0.15, 0.2) is 12.1 Å². The third-order valence-corrected chi connectivity index (χ3v) is 2.84. The van der Waals surface area contributed by atoms with Gasteiger partial charge in [-0.15, -0.1) is 11.6 Å². The van der Waals surface area contributed by atoms with E-state index in [1.807, 2.05) is 18.0 Å². The molecule has 0 aromatic heterocycles. The van der Waals surface area contributed by atoms with Crippen molar-refractivity contribution in [1.29, 1.82) is 0 Å². The highest BCUT2D eigenvalue weighted by molar-refractivity contribution is 6.35. The molecule has 0 bridgehead atoms. The molecule has 0 fully saturated rings. The summed E-state index contributed by atoms with van der Waals surface area (Å²) in [6, 6.07) is 3.93. The lowest BCUT2D eigenvalue weighted by Crippen LogP contribution is -2.16. The van der Waals surface area contributed by atoms with E-state index in [4.69, 9.17) is 39.5 Å². The molecule has 0 aliphatic rings. The maximum Gasteiger partial charge on any atom is 0.142 e. The largest absolute Gasteiger partial charge is 0.495 e. The van der Waals surface area contributed by atoms with E-state index >= 15 is 0 Å². The molecule has 0 saturated carbocycles. The summed E-state index contributed by atoms with van der Waals surface area (Å²) in [6.45, 7) is 0.646. The van der Waals surface area contributed by atoms with Crippen LogP contribution in [-0.2, 0) is 6.54 Å². The van der Waals surface area contributed by atoms with Gasteiger partial charge in [0.1, 0.15) is 5.75 Å². The second-order valence-electron chi connectivity index (χ2n) is 3.21. The molecule has 0 aliphatic heterocycles. The molecule has 0 heterocycles. The first-order valence-corrected chi connectivity index (χ1v) is 5.64. The van der Waals surface area contributed by atoms with Crippen LogP contribution in [0.25, 0.3) is 0 Å². The Labute approximate surface area is 105 Å². The Morgan fingerprint density at radius 2 is 2.00 bits per heavy atom. The Bertz CT molecular complexity index is 344. The van der Waals surface area contributed by atoms with Crippen molar-refractivity contribution in [3.8, 4) is 5.75 Å². The number of nitrogens with zero attached hydrogens (tertiary/aromatic N) is 1. The molecule has 84 valence electrons. The van der Waals surface area contributed by atoms with Gasteiger partial charge in [0.25, 0.3) is 0 Å². The summed E-state index contributed by atoms with van der Waals surface area (Å²) in [4.78, 5) is 1.92. The van der Waals surface area contributed by atoms with Crippen molar-refractivity contribution in [2.45, 2.75) is 6.54 Å². The van der Waals surface area contributed by atoms with Crippen LogP contribution in [0.1, 0.15) is 5.56 Å². The van der Waals surface area contributed by atoms with Crippen LogP contribution in [0.2, 0.25) is 10.0 Å². The highest BCUT2D eigenvalue weighted by Crippen LogP contribution is 2.32. The lowest BCUT2D eigenvalue weighted by molar-refractivity contribution is 0.360. The molecule has 0 amide bonds. The predicted molar refractivity (Wildman–Crippen MR) is 65.2 cm³/mol. The fourth-order valence-electron chi connectivity index (χ4n) is 1.29. The fourth-order valence-corrected chi connectivity index (χ4v) is 1.99. The highest BCUT2D eigenvalue weighted by Gasteiger charge is 2.11. The number of benzene rings is 1. The van der Waals surface area contributed by atoms with E-state index in [0.717, 1.165) is 5.56 Å². The van der Waals surface area contributed by atoms with Gasteiger partial charge >= 0.3 is 0 Å². The maximum atomic E-state index is 6.00. The Kier molecular flexibility index (Phi) is 5.00. The van der Waals surface area contributed by atoms with Crippen LogP contribution >= 0.6 is 34.8 Å². The summed E-state index contributed by atoms with van der Waals surface area (Å²) in [5, 5.41) is 1.11. The van der Waals surface area contributed by atoms with Crippen molar-refractivity contribution in [3.63, 3.8) is 0 Å². The van der Waals surface area contributed by atoms with Crippen LogP contribution in [0.3, 0.4) is 0 Å². The standard InChI is InChI=1S/C10H12Cl3NO/c1-14(6-11)5-7-3-8(12)4-9(13)10(7)15-2/h3-4H,5-6H2,1-2H3. The summed E-state index contributed by atoms with van der Waals surface area (Å²) in [5.41, 5.74) is 0.929. The van der Waals surface area contributed by atoms with Crippen LogP contribution in [-0.4, -0.2) is 25.1 Å². The molecule has 2 nitrogen and oxygen atoms in total. The summed E-state index contributed by atoms with van der Waals surface area (Å²) < 4.78 is 5.22. The number of alkyl halides is 1. The zero-order chi connectivity index (χ0) is 11.4. The van der Waals surface area contributed by atoms with Gasteiger partial charge in [-0.2, -0.15) is 0 Å². The topological polar surface area (TPSA) is 12.5 Å². The van der Waals surface area contributed by atoms with Gasteiger partial charge in [-0.05, 0) is 19.2 Å². The lowest BCUT2D eigenvalue weighted by Gasteiger charge is -2.16. The molecule has 0 saturated heterocycles. The molecule has 0 spiro atoms. The first kappa shape index (κ1) is 12.9. The maximum absolute atomic E-state index is 6.00. The van der Waals surface area contributed by atoms with Gasteiger partial charge in [0, 0.05) is 17.1 Å². The van der Waals surface area contributed by atoms with E-state index in [-0.39, 0.29) is 0 Å². The van der Waals surface area contributed by atoms with Crippen molar-refractivity contribution < 1.29 is 4.74 Å². The molecule has 1 aromatic rings. The molecule has 0 aliphatic carbocycles. The summed E-state index contributed by atoms with van der Waals surface area (Å²) in [5.74, 6) is 0.651. The molecule has 0 atom stereocenters. The van der Waals surface area contributed by atoms with E-state index in [1.54, 1.807) is 13.2 Å². The second-order valence-corrected chi connectivity index (χ2v) is 4.30. The summed E-state index contributed by atoms with van der Waals surface area (Å²) in [6.07, 6.45) is 0.